The van der Waals surface area contributed by atoms with Gasteiger partial charge in [-0.1, -0.05) is 65.3 Å². The molecule has 6 nitrogen and oxygen atoms in total. The van der Waals surface area contributed by atoms with Crippen LogP contribution in [-0.4, -0.2) is 35.3 Å². The summed E-state index contributed by atoms with van der Waals surface area (Å²) in [6.45, 7) is 9.94. The highest BCUT2D eigenvalue weighted by molar-refractivity contribution is 6.11. The minimum atomic E-state index is -0.963. The molecule has 0 spiro atoms. The summed E-state index contributed by atoms with van der Waals surface area (Å²) in [5.41, 5.74) is 11.9. The molecule has 1 aliphatic carbocycles. The maximum Gasteiger partial charge on any atom is 0.193 e. The molecule has 5 N–H and O–H groups in total. The molecule has 0 bridgehead atoms. The van der Waals surface area contributed by atoms with Crippen LogP contribution in [0.15, 0.2) is 59.9 Å². The Morgan fingerprint density at radius 1 is 1.17 bits per heavy atom. The van der Waals surface area contributed by atoms with Gasteiger partial charge in [-0.15, -0.1) is 0 Å². The Morgan fingerprint density at radius 3 is 2.58 bits per heavy atom. The van der Waals surface area contributed by atoms with Crippen LogP contribution in [0.5, 0.6) is 5.75 Å². The third-order valence-electron chi connectivity index (χ3n) is 5.76. The first-order valence-electron chi connectivity index (χ1n) is 13.0. The van der Waals surface area contributed by atoms with Crippen molar-refractivity contribution < 1.29 is 19.7 Å². The summed E-state index contributed by atoms with van der Waals surface area (Å²) < 4.78 is 5.73. The summed E-state index contributed by atoms with van der Waals surface area (Å²) in [7, 11) is 0. The molecule has 0 heterocycles. The number of rotatable bonds is 10. The van der Waals surface area contributed by atoms with Crippen LogP contribution < -0.4 is 15.8 Å². The van der Waals surface area contributed by atoms with E-state index in [1.165, 1.54) is 0 Å². The lowest BCUT2D eigenvalue weighted by atomic mass is 9.98. The number of carbonyl (C=O) groups excluding carboxylic acids is 1. The van der Waals surface area contributed by atoms with Gasteiger partial charge in [-0.05, 0) is 55.0 Å². The first kappa shape index (κ1) is 29.1. The second kappa shape index (κ2) is 14.5. The molecule has 0 saturated heterocycles. The number of allylic oxidation sites excluding steroid dienone is 2. The largest absolute Gasteiger partial charge is 0.490 e. The smallest absolute Gasteiger partial charge is 0.193 e. The molecule has 3 rings (SSSR count). The Labute approximate surface area is 215 Å². The van der Waals surface area contributed by atoms with Gasteiger partial charge in [0.1, 0.15) is 18.5 Å². The highest BCUT2D eigenvalue weighted by atomic mass is 16.5. The van der Waals surface area contributed by atoms with Gasteiger partial charge in [0, 0.05) is 22.4 Å². The maximum atomic E-state index is 13.4. The number of nitrogens with one attached hydrogen (secondary N) is 1. The Hall–Kier alpha value is -3.09. The van der Waals surface area contributed by atoms with E-state index in [-0.39, 0.29) is 19.0 Å². The van der Waals surface area contributed by atoms with Gasteiger partial charge in [-0.2, -0.15) is 0 Å². The van der Waals surface area contributed by atoms with Gasteiger partial charge < -0.3 is 26.0 Å². The molecule has 0 amide bonds. The van der Waals surface area contributed by atoms with E-state index < -0.39 is 6.10 Å². The fraction of sp³-hybridized carbons (Fsp3) is 0.433. The number of benzene rings is 2. The number of aliphatic hydroxyl groups excluding tert-OH is 2. The van der Waals surface area contributed by atoms with Crippen LogP contribution in [0.2, 0.25) is 0 Å². The van der Waals surface area contributed by atoms with E-state index in [1.54, 1.807) is 12.1 Å². The van der Waals surface area contributed by atoms with E-state index in [1.807, 2.05) is 44.2 Å². The van der Waals surface area contributed by atoms with Gasteiger partial charge in [-0.3, -0.25) is 4.79 Å². The lowest BCUT2D eigenvalue weighted by Gasteiger charge is -2.15. The Kier molecular flexibility index (Phi) is 11.7. The van der Waals surface area contributed by atoms with Crippen molar-refractivity contribution >= 4 is 11.5 Å². The highest BCUT2D eigenvalue weighted by Gasteiger charge is 2.24. The lowest BCUT2D eigenvalue weighted by molar-refractivity contribution is 0.0533. The summed E-state index contributed by atoms with van der Waals surface area (Å²) in [4.78, 5) is 13.4. The minimum absolute atomic E-state index is 0.0277. The normalized spacial score (nSPS) is 14.3. The predicted molar refractivity (Wildman–Crippen MR) is 147 cm³/mol. The quantitative estimate of drug-likeness (QED) is 0.331. The van der Waals surface area contributed by atoms with Crippen LogP contribution in [-0.2, 0) is 12.8 Å². The van der Waals surface area contributed by atoms with Gasteiger partial charge in [0.25, 0.3) is 0 Å². The molecule has 36 heavy (non-hydrogen) atoms. The van der Waals surface area contributed by atoms with Crippen LogP contribution in [0.4, 0.5) is 5.69 Å². The van der Waals surface area contributed by atoms with Crippen molar-refractivity contribution in [2.24, 2.45) is 11.7 Å². The molecule has 0 fully saturated rings. The second-order valence-corrected chi connectivity index (χ2v) is 9.03. The first-order valence-corrected chi connectivity index (χ1v) is 13.0. The van der Waals surface area contributed by atoms with Crippen molar-refractivity contribution in [2.45, 2.75) is 66.4 Å². The first-order chi connectivity index (χ1) is 17.3. The molecule has 1 unspecified atom stereocenters. The molecular weight excluding hydrogens is 452 g/mol. The van der Waals surface area contributed by atoms with Crippen molar-refractivity contribution in [3.63, 3.8) is 0 Å². The lowest BCUT2D eigenvalue weighted by Crippen LogP contribution is -2.22. The number of anilines is 1. The minimum Gasteiger partial charge on any atom is -0.490 e. The zero-order chi connectivity index (χ0) is 26.7. The van der Waals surface area contributed by atoms with Gasteiger partial charge >= 0.3 is 0 Å². The summed E-state index contributed by atoms with van der Waals surface area (Å²) >= 11 is 0. The van der Waals surface area contributed by atoms with Crippen molar-refractivity contribution in [2.75, 3.05) is 18.5 Å². The Bertz CT molecular complexity index is 1070. The molecule has 2 aromatic carbocycles. The second-order valence-electron chi connectivity index (χ2n) is 9.03. The summed E-state index contributed by atoms with van der Waals surface area (Å²) in [6, 6.07) is 11.2. The van der Waals surface area contributed by atoms with Crippen LogP contribution in [0.25, 0.3) is 0 Å². The average molecular weight is 495 g/mol. The van der Waals surface area contributed by atoms with E-state index in [2.05, 4.69) is 32.2 Å². The monoisotopic (exact) mass is 494 g/mol. The van der Waals surface area contributed by atoms with E-state index in [9.17, 15) is 9.90 Å². The van der Waals surface area contributed by atoms with Crippen molar-refractivity contribution in [1.29, 1.82) is 0 Å². The van der Waals surface area contributed by atoms with Crippen LogP contribution in [0, 0.1) is 5.92 Å². The van der Waals surface area contributed by atoms with E-state index >= 15 is 0 Å². The number of hydrogen-bond donors (Lipinski definition) is 4. The van der Waals surface area contributed by atoms with Crippen molar-refractivity contribution in [1.82, 2.24) is 0 Å². The Morgan fingerprint density at radius 2 is 1.92 bits per heavy atom. The zero-order valence-corrected chi connectivity index (χ0v) is 22.3. The number of hydrogen-bond acceptors (Lipinski definition) is 6. The fourth-order valence-corrected chi connectivity index (χ4v) is 4.02. The van der Waals surface area contributed by atoms with Gasteiger partial charge in [0.2, 0.25) is 0 Å². The number of ether oxygens (including phenoxy) is 1. The van der Waals surface area contributed by atoms with Crippen molar-refractivity contribution in [3.8, 4) is 5.75 Å². The summed E-state index contributed by atoms with van der Waals surface area (Å²) in [6.07, 6.45) is 6.45. The summed E-state index contributed by atoms with van der Waals surface area (Å²) in [5, 5.41) is 22.2. The molecule has 0 radical (unpaired) electrons. The number of fused-ring (bicyclic) bond motifs is 2. The third-order valence-corrected chi connectivity index (χ3v) is 5.76. The molecule has 0 saturated carbocycles. The zero-order valence-electron chi connectivity index (χ0n) is 22.3. The topological polar surface area (TPSA) is 105 Å². The van der Waals surface area contributed by atoms with Gasteiger partial charge in [0.05, 0.1) is 18.0 Å². The van der Waals surface area contributed by atoms with E-state index in [4.69, 9.17) is 15.6 Å². The molecule has 1 aliphatic rings. The predicted octanol–water partition coefficient (Wildman–Crippen LogP) is 5.37. The Balaban J connectivity index is 0.00000222. The molecule has 196 valence electrons. The average Bonchev–Trinajstić information content (AvgIpc) is 3.02. The van der Waals surface area contributed by atoms with Gasteiger partial charge in [-0.25, -0.2) is 0 Å². The third kappa shape index (κ3) is 7.70. The molecule has 2 aromatic rings. The van der Waals surface area contributed by atoms with Gasteiger partial charge in [0.15, 0.2) is 5.78 Å². The van der Waals surface area contributed by atoms with Crippen LogP contribution in [0.3, 0.4) is 0 Å². The number of aryl methyl sites for hydroxylation is 1. The van der Waals surface area contributed by atoms with Crippen molar-refractivity contribution in [3.05, 3.63) is 82.2 Å². The molecular formula is C30H42N2O4. The highest BCUT2D eigenvalue weighted by Crippen LogP contribution is 2.32. The molecule has 6 heteroatoms. The number of aliphatic hydroxyl groups is 2. The van der Waals surface area contributed by atoms with Crippen LogP contribution >= 0.6 is 0 Å². The molecule has 1 atom stereocenters. The maximum absolute atomic E-state index is 13.4. The fourth-order valence-electron chi connectivity index (χ4n) is 4.02. The number of nitrogens with two attached hydrogens (primary N) is 1. The number of carbonyl (C=O) groups is 1. The standard InChI is InChI=1S/C28H36N2O4.C2H6/c1-4-5-8-25(29)26(14-18(2)3)30-20-11-13-22-19(15-20)10-12-23-24(28(22)33)7-6-9-27(23)34-17-21(32)16-31;1-2/h6-9,11,13-15,18,21,30-32H,4-5,10,12,16-17,29H2,1-3H3;1-2H3/b25-8+,26-14+;. The molecule has 0 aliphatic heterocycles. The number of ketones is 1. The summed E-state index contributed by atoms with van der Waals surface area (Å²) in [5.74, 6) is 0.860. The molecule has 0 aromatic heterocycles. The SMILES string of the molecule is CC.CCC/C=C(N)\C(=C/C(C)C)Nc1ccc2c(c1)CCc1c(OCC(O)CO)cccc1C2=O. The van der Waals surface area contributed by atoms with E-state index in [0.717, 1.165) is 41.1 Å². The number of unbranched alkanes of at least 4 members (excludes halogenated alkanes) is 1. The van der Waals surface area contributed by atoms with Crippen LogP contribution in [0.1, 0.15) is 74.5 Å². The van der Waals surface area contributed by atoms with E-state index in [0.29, 0.717) is 35.6 Å².